The summed E-state index contributed by atoms with van der Waals surface area (Å²) in [6.07, 6.45) is 5.45. The van der Waals surface area contributed by atoms with Crippen LogP contribution in [-0.4, -0.2) is 60.3 Å². The van der Waals surface area contributed by atoms with Gasteiger partial charge >= 0.3 is 0 Å². The monoisotopic (exact) mass is 388 g/mol. The second kappa shape index (κ2) is 10.3. The molecule has 0 unspecified atom stereocenters. The highest BCUT2D eigenvalue weighted by molar-refractivity contribution is 6.18. The van der Waals surface area contributed by atoms with Crippen LogP contribution >= 0.6 is 11.6 Å². The average Bonchev–Trinajstić information content (AvgIpc) is 3.16. The van der Waals surface area contributed by atoms with E-state index in [4.69, 9.17) is 20.8 Å². The first-order valence-corrected chi connectivity index (χ1v) is 9.64. The van der Waals surface area contributed by atoms with Crippen LogP contribution in [0.5, 0.6) is 0 Å². The summed E-state index contributed by atoms with van der Waals surface area (Å²) in [5, 5.41) is 7.94. The number of nitrogens with zero attached hydrogens (tertiary/aromatic N) is 4. The van der Waals surface area contributed by atoms with Gasteiger partial charge in [-0.05, 0) is 23.8 Å². The molecule has 0 N–H and O–H groups in total. The summed E-state index contributed by atoms with van der Waals surface area (Å²) in [6, 6.07) is 8.50. The fourth-order valence-electron chi connectivity index (χ4n) is 2.93. The van der Waals surface area contributed by atoms with Crippen molar-refractivity contribution >= 4 is 29.4 Å². The molecule has 2 aromatic rings. The predicted octanol–water partition coefficient (Wildman–Crippen LogP) is 3.30. The fraction of sp³-hybridized carbons (Fsp3) is 0.400. The molecule has 0 spiro atoms. The Bertz CT molecular complexity index is 737. The molecule has 0 bridgehead atoms. The lowest BCUT2D eigenvalue weighted by molar-refractivity contribution is 0.127. The summed E-state index contributed by atoms with van der Waals surface area (Å²) in [4.78, 5) is 4.81. The standard InChI is InChI=1S/C20H25ClN4O2/c1-2-15-26-16-20-23-22-19(27-20)8-5-17-3-6-18(7-4-17)25-13-11-24(10-9-21)12-14-25/h2-8H,1,9-16H2. The van der Waals surface area contributed by atoms with Gasteiger partial charge in [-0.1, -0.05) is 18.2 Å². The van der Waals surface area contributed by atoms with E-state index in [1.165, 1.54) is 5.69 Å². The third-order valence-corrected chi connectivity index (χ3v) is 4.56. The van der Waals surface area contributed by atoms with Crippen molar-refractivity contribution in [2.75, 3.05) is 50.1 Å². The number of hydrogen-bond donors (Lipinski definition) is 0. The van der Waals surface area contributed by atoms with Gasteiger partial charge in [0.15, 0.2) is 0 Å². The Morgan fingerprint density at radius 1 is 1.11 bits per heavy atom. The van der Waals surface area contributed by atoms with E-state index in [1.54, 1.807) is 6.08 Å². The number of piperazine rings is 1. The third-order valence-electron chi connectivity index (χ3n) is 4.39. The Labute approximate surface area is 165 Å². The molecule has 1 saturated heterocycles. The second-order valence-electron chi connectivity index (χ2n) is 6.28. The first kappa shape index (κ1) is 19.6. The minimum atomic E-state index is 0.291. The van der Waals surface area contributed by atoms with Crippen molar-refractivity contribution in [3.8, 4) is 0 Å². The van der Waals surface area contributed by atoms with Gasteiger partial charge in [0, 0.05) is 50.4 Å². The number of benzene rings is 1. The first-order chi connectivity index (χ1) is 13.3. The van der Waals surface area contributed by atoms with Crippen molar-refractivity contribution in [1.29, 1.82) is 0 Å². The largest absolute Gasteiger partial charge is 0.419 e. The summed E-state index contributed by atoms with van der Waals surface area (Å²) in [5.74, 6) is 1.62. The zero-order chi connectivity index (χ0) is 18.9. The highest BCUT2D eigenvalue weighted by Gasteiger charge is 2.16. The van der Waals surface area contributed by atoms with Crippen LogP contribution in [0.1, 0.15) is 17.3 Å². The van der Waals surface area contributed by atoms with Gasteiger partial charge in [-0.25, -0.2) is 0 Å². The van der Waals surface area contributed by atoms with Crippen LogP contribution < -0.4 is 4.90 Å². The molecular weight excluding hydrogens is 364 g/mol. The molecule has 0 radical (unpaired) electrons. The van der Waals surface area contributed by atoms with Crippen LogP contribution in [-0.2, 0) is 11.3 Å². The Hall–Kier alpha value is -2.15. The molecule has 7 heteroatoms. The Kier molecular flexibility index (Phi) is 7.45. The van der Waals surface area contributed by atoms with Crippen LogP contribution in [0.4, 0.5) is 5.69 Å². The molecule has 144 valence electrons. The Morgan fingerprint density at radius 2 is 1.89 bits per heavy atom. The van der Waals surface area contributed by atoms with Crippen molar-refractivity contribution in [2.24, 2.45) is 0 Å². The molecule has 0 saturated carbocycles. The van der Waals surface area contributed by atoms with E-state index < -0.39 is 0 Å². The number of aromatic nitrogens is 2. The van der Waals surface area contributed by atoms with Gasteiger partial charge in [-0.15, -0.1) is 28.4 Å². The predicted molar refractivity (Wildman–Crippen MR) is 109 cm³/mol. The topological polar surface area (TPSA) is 54.6 Å². The number of rotatable bonds is 9. The Morgan fingerprint density at radius 3 is 2.59 bits per heavy atom. The van der Waals surface area contributed by atoms with Crippen LogP contribution in [0.3, 0.4) is 0 Å². The number of alkyl halides is 1. The lowest BCUT2D eigenvalue weighted by atomic mass is 10.1. The summed E-state index contributed by atoms with van der Waals surface area (Å²) in [6.45, 7) is 9.50. The molecule has 1 aliphatic rings. The number of ether oxygens (including phenoxy) is 1. The van der Waals surface area contributed by atoms with E-state index >= 15 is 0 Å². The van der Waals surface area contributed by atoms with Gasteiger partial charge in [-0.2, -0.15) is 0 Å². The number of halogens is 1. The van der Waals surface area contributed by atoms with Gasteiger partial charge in [0.25, 0.3) is 0 Å². The number of hydrogen-bond acceptors (Lipinski definition) is 6. The van der Waals surface area contributed by atoms with Gasteiger partial charge < -0.3 is 14.1 Å². The molecule has 2 heterocycles. The highest BCUT2D eigenvalue weighted by atomic mass is 35.5. The first-order valence-electron chi connectivity index (χ1n) is 9.11. The zero-order valence-corrected chi connectivity index (χ0v) is 16.1. The minimum absolute atomic E-state index is 0.291. The number of anilines is 1. The smallest absolute Gasteiger partial charge is 0.242 e. The fourth-order valence-corrected chi connectivity index (χ4v) is 3.17. The summed E-state index contributed by atoms with van der Waals surface area (Å²) in [5.41, 5.74) is 2.33. The molecular formula is C20H25ClN4O2. The maximum Gasteiger partial charge on any atom is 0.242 e. The maximum absolute atomic E-state index is 5.82. The summed E-state index contributed by atoms with van der Waals surface area (Å²) < 4.78 is 10.8. The van der Waals surface area contributed by atoms with Crippen molar-refractivity contribution in [3.05, 3.63) is 54.3 Å². The van der Waals surface area contributed by atoms with Gasteiger partial charge in [0.05, 0.1) is 6.61 Å². The third kappa shape index (κ3) is 5.92. The summed E-state index contributed by atoms with van der Waals surface area (Å²) in [7, 11) is 0. The molecule has 0 aliphatic carbocycles. The molecule has 1 aromatic carbocycles. The van der Waals surface area contributed by atoms with Crippen molar-refractivity contribution in [2.45, 2.75) is 6.61 Å². The molecule has 27 heavy (non-hydrogen) atoms. The van der Waals surface area contributed by atoms with E-state index in [0.717, 1.165) is 38.3 Å². The normalized spacial score (nSPS) is 15.5. The molecule has 1 fully saturated rings. The van der Waals surface area contributed by atoms with Gasteiger partial charge in [0.2, 0.25) is 11.8 Å². The molecule has 0 atom stereocenters. The minimum Gasteiger partial charge on any atom is -0.419 e. The van der Waals surface area contributed by atoms with E-state index in [9.17, 15) is 0 Å². The Balaban J connectivity index is 1.52. The second-order valence-corrected chi connectivity index (χ2v) is 6.66. The molecule has 6 nitrogen and oxygen atoms in total. The average molecular weight is 389 g/mol. The van der Waals surface area contributed by atoms with E-state index in [1.807, 2.05) is 12.2 Å². The van der Waals surface area contributed by atoms with Gasteiger partial charge in [0.1, 0.15) is 6.61 Å². The zero-order valence-electron chi connectivity index (χ0n) is 15.4. The lowest BCUT2D eigenvalue weighted by Gasteiger charge is -2.35. The van der Waals surface area contributed by atoms with Crippen molar-refractivity contribution in [1.82, 2.24) is 15.1 Å². The van der Waals surface area contributed by atoms with Crippen LogP contribution in [0, 0.1) is 0 Å². The molecule has 1 aromatic heterocycles. The molecule has 3 rings (SSSR count). The maximum atomic E-state index is 5.82. The van der Waals surface area contributed by atoms with Crippen molar-refractivity contribution < 1.29 is 9.15 Å². The highest BCUT2D eigenvalue weighted by Crippen LogP contribution is 2.18. The SMILES string of the molecule is C=CCOCc1nnc(C=Cc2ccc(N3CCN(CCCl)CC3)cc2)o1. The molecule has 0 amide bonds. The van der Waals surface area contributed by atoms with E-state index in [-0.39, 0.29) is 0 Å². The van der Waals surface area contributed by atoms with Crippen molar-refractivity contribution in [3.63, 3.8) is 0 Å². The van der Waals surface area contributed by atoms with E-state index in [2.05, 4.69) is 50.8 Å². The van der Waals surface area contributed by atoms with E-state index in [0.29, 0.717) is 30.9 Å². The molecule has 1 aliphatic heterocycles. The van der Waals surface area contributed by atoms with Crippen LogP contribution in [0.15, 0.2) is 41.3 Å². The van der Waals surface area contributed by atoms with Gasteiger partial charge in [-0.3, -0.25) is 4.90 Å². The quantitative estimate of drug-likeness (QED) is 0.373. The summed E-state index contributed by atoms with van der Waals surface area (Å²) >= 11 is 5.82. The van der Waals surface area contributed by atoms with Crippen LogP contribution in [0.25, 0.3) is 12.2 Å². The van der Waals surface area contributed by atoms with Crippen LogP contribution in [0.2, 0.25) is 0 Å². The lowest BCUT2D eigenvalue weighted by Crippen LogP contribution is -2.46.